The van der Waals surface area contributed by atoms with Crippen molar-refractivity contribution in [1.82, 2.24) is 4.57 Å². The van der Waals surface area contributed by atoms with Crippen LogP contribution in [0.2, 0.25) is 0 Å². The summed E-state index contributed by atoms with van der Waals surface area (Å²) >= 11 is 0. The maximum absolute atomic E-state index is 6.71. The average molecular weight is 717 g/mol. The van der Waals surface area contributed by atoms with Crippen LogP contribution >= 0.6 is 0 Å². The minimum Gasteiger partial charge on any atom is -0.456 e. The van der Waals surface area contributed by atoms with E-state index in [2.05, 4.69) is 191 Å². The number of fused-ring (bicyclic) bond motifs is 11. The highest BCUT2D eigenvalue weighted by Gasteiger charge is 2.22. The van der Waals surface area contributed by atoms with E-state index >= 15 is 0 Å². The van der Waals surface area contributed by atoms with E-state index < -0.39 is 0 Å². The van der Waals surface area contributed by atoms with Crippen molar-refractivity contribution >= 4 is 93.5 Å². The van der Waals surface area contributed by atoms with Gasteiger partial charge < -0.3 is 18.3 Å². The standard InChI is InChI=1S/C52H32N2O2/c1-2-15-39-33(12-1)26-31-43-51-46(22-11-25-49(51)56-52(39)43)53(35-27-29-36(30-28-35)54-44-20-6-3-16-40(44)41-17-4-7-21-45(41)54)37-14-9-13-34(32-37)38-19-10-24-48-50(38)42-18-5-8-23-47(42)55-48/h1-32H. The molecule has 12 rings (SSSR count). The zero-order valence-electron chi connectivity index (χ0n) is 30.2. The molecule has 0 saturated heterocycles. The van der Waals surface area contributed by atoms with Crippen molar-refractivity contribution in [3.63, 3.8) is 0 Å². The summed E-state index contributed by atoms with van der Waals surface area (Å²) in [4.78, 5) is 2.37. The Morgan fingerprint density at radius 2 is 1.04 bits per heavy atom. The molecule has 0 aliphatic rings. The fourth-order valence-electron chi connectivity index (χ4n) is 8.93. The van der Waals surface area contributed by atoms with Crippen LogP contribution in [0, 0.1) is 0 Å². The van der Waals surface area contributed by atoms with Crippen LogP contribution in [0.15, 0.2) is 203 Å². The molecule has 3 aromatic heterocycles. The molecular formula is C52H32N2O2. The first-order valence-electron chi connectivity index (χ1n) is 19.0. The molecule has 0 N–H and O–H groups in total. The number of aromatic nitrogens is 1. The number of furan rings is 2. The Hall–Kier alpha value is -7.56. The second kappa shape index (κ2) is 12.0. The van der Waals surface area contributed by atoms with Gasteiger partial charge in [0.05, 0.1) is 22.1 Å². The van der Waals surface area contributed by atoms with Crippen LogP contribution in [-0.4, -0.2) is 4.57 Å². The van der Waals surface area contributed by atoms with Gasteiger partial charge in [-0.25, -0.2) is 0 Å². The van der Waals surface area contributed by atoms with E-state index in [4.69, 9.17) is 8.83 Å². The van der Waals surface area contributed by atoms with Crippen LogP contribution in [0.25, 0.3) is 93.3 Å². The highest BCUT2D eigenvalue weighted by Crippen LogP contribution is 2.46. The molecule has 0 spiro atoms. The van der Waals surface area contributed by atoms with Gasteiger partial charge in [-0.3, -0.25) is 0 Å². The quantitative estimate of drug-likeness (QED) is 0.178. The molecule has 4 heteroatoms. The Balaban J connectivity index is 1.09. The van der Waals surface area contributed by atoms with E-state index in [1.807, 2.05) is 12.1 Å². The predicted octanol–water partition coefficient (Wildman–Crippen LogP) is 14.9. The van der Waals surface area contributed by atoms with Crippen molar-refractivity contribution in [2.75, 3.05) is 4.90 Å². The minimum atomic E-state index is 0.853. The van der Waals surface area contributed by atoms with Crippen molar-refractivity contribution < 1.29 is 8.83 Å². The van der Waals surface area contributed by atoms with E-state index in [0.717, 1.165) is 88.5 Å². The number of nitrogens with zero attached hydrogens (tertiary/aromatic N) is 2. The lowest BCUT2D eigenvalue weighted by Gasteiger charge is -2.27. The highest BCUT2D eigenvalue weighted by molar-refractivity contribution is 6.20. The molecule has 262 valence electrons. The van der Waals surface area contributed by atoms with Crippen molar-refractivity contribution in [2.24, 2.45) is 0 Å². The normalized spacial score (nSPS) is 11.9. The highest BCUT2D eigenvalue weighted by atomic mass is 16.3. The Morgan fingerprint density at radius 3 is 1.84 bits per heavy atom. The first-order valence-corrected chi connectivity index (χ1v) is 19.0. The lowest BCUT2D eigenvalue weighted by atomic mass is 9.98. The molecule has 4 nitrogen and oxygen atoms in total. The summed E-state index contributed by atoms with van der Waals surface area (Å²) in [5.74, 6) is 0. The third kappa shape index (κ3) is 4.53. The van der Waals surface area contributed by atoms with Crippen LogP contribution < -0.4 is 4.90 Å². The number of anilines is 3. The third-order valence-electron chi connectivity index (χ3n) is 11.4. The molecule has 0 radical (unpaired) electrons. The first kappa shape index (κ1) is 30.9. The molecule has 0 unspecified atom stereocenters. The van der Waals surface area contributed by atoms with Gasteiger partial charge in [-0.1, -0.05) is 115 Å². The van der Waals surface area contributed by atoms with Gasteiger partial charge in [0, 0.05) is 49.4 Å². The van der Waals surface area contributed by atoms with Crippen LogP contribution in [0.3, 0.4) is 0 Å². The molecule has 0 amide bonds. The van der Waals surface area contributed by atoms with Crippen molar-refractivity contribution in [3.8, 4) is 16.8 Å². The van der Waals surface area contributed by atoms with E-state index in [-0.39, 0.29) is 0 Å². The van der Waals surface area contributed by atoms with Gasteiger partial charge >= 0.3 is 0 Å². The third-order valence-corrected chi connectivity index (χ3v) is 11.4. The molecule has 0 fully saturated rings. The van der Waals surface area contributed by atoms with Gasteiger partial charge in [-0.2, -0.15) is 0 Å². The molecule has 0 aliphatic heterocycles. The van der Waals surface area contributed by atoms with Gasteiger partial charge in [-0.05, 0) is 95.4 Å². The minimum absolute atomic E-state index is 0.853. The van der Waals surface area contributed by atoms with Crippen LogP contribution in [0.4, 0.5) is 17.1 Å². The summed E-state index contributed by atoms with van der Waals surface area (Å²) < 4.78 is 15.4. The summed E-state index contributed by atoms with van der Waals surface area (Å²) in [6.07, 6.45) is 0. The molecule has 0 atom stereocenters. The second-order valence-electron chi connectivity index (χ2n) is 14.5. The fraction of sp³-hybridized carbons (Fsp3) is 0. The molecule has 3 heterocycles. The summed E-state index contributed by atoms with van der Waals surface area (Å²) in [6.45, 7) is 0. The number of hydrogen-bond donors (Lipinski definition) is 0. The van der Waals surface area contributed by atoms with Gasteiger partial charge in [0.2, 0.25) is 0 Å². The summed E-state index contributed by atoms with van der Waals surface area (Å²) in [7, 11) is 0. The Labute approximate surface area is 321 Å². The van der Waals surface area contributed by atoms with Crippen LogP contribution in [0.1, 0.15) is 0 Å². The van der Waals surface area contributed by atoms with E-state index in [1.165, 1.54) is 21.8 Å². The monoisotopic (exact) mass is 716 g/mol. The number of benzene rings is 9. The van der Waals surface area contributed by atoms with Gasteiger partial charge in [0.15, 0.2) is 0 Å². The summed E-state index contributed by atoms with van der Waals surface area (Å²) in [5.41, 5.74) is 12.4. The van der Waals surface area contributed by atoms with Crippen LogP contribution in [0.5, 0.6) is 0 Å². The first-order chi connectivity index (χ1) is 27.8. The lowest BCUT2D eigenvalue weighted by Crippen LogP contribution is -2.10. The molecule has 0 saturated carbocycles. The molecule has 9 aromatic carbocycles. The topological polar surface area (TPSA) is 34.5 Å². The zero-order valence-corrected chi connectivity index (χ0v) is 30.2. The lowest BCUT2D eigenvalue weighted by molar-refractivity contribution is 0.669. The number of para-hydroxylation sites is 3. The second-order valence-corrected chi connectivity index (χ2v) is 14.5. The van der Waals surface area contributed by atoms with E-state index in [0.29, 0.717) is 0 Å². The number of rotatable bonds is 5. The summed E-state index contributed by atoms with van der Waals surface area (Å²) in [5, 5.41) is 9.16. The molecular weight excluding hydrogens is 685 g/mol. The average Bonchev–Trinajstić information content (AvgIpc) is 3.95. The zero-order chi connectivity index (χ0) is 36.7. The molecule has 0 aliphatic carbocycles. The smallest absolute Gasteiger partial charge is 0.143 e. The predicted molar refractivity (Wildman–Crippen MR) is 233 cm³/mol. The van der Waals surface area contributed by atoms with Crippen molar-refractivity contribution in [1.29, 1.82) is 0 Å². The van der Waals surface area contributed by atoms with E-state index in [9.17, 15) is 0 Å². The fourth-order valence-corrected chi connectivity index (χ4v) is 8.93. The summed E-state index contributed by atoms with van der Waals surface area (Å²) in [6, 6.07) is 69.0. The maximum atomic E-state index is 6.71. The van der Waals surface area contributed by atoms with Gasteiger partial charge in [0.1, 0.15) is 22.3 Å². The van der Waals surface area contributed by atoms with Crippen LogP contribution in [-0.2, 0) is 0 Å². The Bertz CT molecular complexity index is 3440. The van der Waals surface area contributed by atoms with Crippen molar-refractivity contribution in [2.45, 2.75) is 0 Å². The largest absolute Gasteiger partial charge is 0.456 e. The molecule has 56 heavy (non-hydrogen) atoms. The number of hydrogen-bond acceptors (Lipinski definition) is 3. The Kier molecular flexibility index (Phi) is 6.60. The van der Waals surface area contributed by atoms with Crippen molar-refractivity contribution in [3.05, 3.63) is 194 Å². The molecule has 0 bridgehead atoms. The van der Waals surface area contributed by atoms with E-state index in [1.54, 1.807) is 0 Å². The molecule has 12 aromatic rings. The SMILES string of the molecule is c1cc(-c2cccc3oc4ccccc4c23)cc(N(c2ccc(-n3c4ccccc4c4ccccc43)cc2)c2cccc3oc4c5ccccc5ccc4c23)c1. The maximum Gasteiger partial charge on any atom is 0.143 e. The Morgan fingerprint density at radius 1 is 0.393 bits per heavy atom. The van der Waals surface area contributed by atoms with Gasteiger partial charge in [0.25, 0.3) is 0 Å². The van der Waals surface area contributed by atoms with Gasteiger partial charge in [-0.15, -0.1) is 0 Å².